The van der Waals surface area contributed by atoms with Crippen LogP contribution in [0.15, 0.2) is 12.1 Å². The molecule has 11 heteroatoms. The number of hydrogen-bond acceptors (Lipinski definition) is 3. The van der Waals surface area contributed by atoms with Gasteiger partial charge in [-0.05, 0) is 56.5 Å². The number of piperidine rings is 1. The maximum absolute atomic E-state index is 14.3. The summed E-state index contributed by atoms with van der Waals surface area (Å²) in [5.41, 5.74) is -0.832. The first-order valence-corrected chi connectivity index (χ1v) is 11.5. The second kappa shape index (κ2) is 9.54. The van der Waals surface area contributed by atoms with E-state index in [1.165, 1.54) is 4.90 Å². The topological polar surface area (TPSA) is 41.6 Å². The summed E-state index contributed by atoms with van der Waals surface area (Å²) in [5.74, 6) is -5.07. The largest absolute Gasteiger partial charge is 0.493 e. The fraction of sp³-hybridized carbons (Fsp3) is 0.696. The molecule has 1 aromatic carbocycles. The van der Waals surface area contributed by atoms with E-state index in [4.69, 9.17) is 4.74 Å². The van der Waals surface area contributed by atoms with Gasteiger partial charge in [0.05, 0.1) is 13.2 Å². The SMILES string of the molecule is O=C(NC1CC(F)(F)C1)c1c(F)cc(OCCC2C[C@@H]2C2CCN(CC(F)(F)F)CC2)cc1F. The van der Waals surface area contributed by atoms with Crippen molar-refractivity contribution in [1.29, 1.82) is 0 Å². The molecule has 1 aromatic rings. The molecule has 1 aliphatic heterocycles. The quantitative estimate of drug-likeness (QED) is 0.505. The second-order valence-corrected chi connectivity index (χ2v) is 9.72. The Morgan fingerprint density at radius 2 is 1.74 bits per heavy atom. The van der Waals surface area contributed by atoms with E-state index in [2.05, 4.69) is 5.32 Å². The molecule has 190 valence electrons. The van der Waals surface area contributed by atoms with Crippen LogP contribution >= 0.6 is 0 Å². The molecule has 1 saturated heterocycles. The zero-order valence-corrected chi connectivity index (χ0v) is 18.4. The van der Waals surface area contributed by atoms with Crippen LogP contribution in [0, 0.1) is 29.4 Å². The van der Waals surface area contributed by atoms with E-state index in [-0.39, 0.29) is 12.4 Å². The van der Waals surface area contributed by atoms with E-state index in [0.717, 1.165) is 31.4 Å². The first-order valence-electron chi connectivity index (χ1n) is 11.5. The molecule has 3 aliphatic rings. The molecule has 1 amide bonds. The van der Waals surface area contributed by atoms with E-state index in [1.54, 1.807) is 0 Å². The highest BCUT2D eigenvalue weighted by molar-refractivity contribution is 5.95. The predicted octanol–water partition coefficient (Wildman–Crippen LogP) is 5.17. The first-order chi connectivity index (χ1) is 15.9. The standard InChI is InChI=1S/C23H27F7N2O2/c24-18-8-16(9-19(25)20(18)21(33)31-15-10-22(26,27)11-15)34-6-3-14-7-17(14)13-1-4-32(5-2-13)12-23(28,29)30/h8-9,13-15,17H,1-7,10-12H2,(H,31,33)/t14?,17-/m1/s1. The number of alkyl halides is 5. The molecule has 34 heavy (non-hydrogen) atoms. The molecule has 0 aromatic heterocycles. The molecule has 1 heterocycles. The van der Waals surface area contributed by atoms with Crippen LogP contribution in [-0.4, -0.2) is 55.2 Å². The maximum Gasteiger partial charge on any atom is 0.401 e. The molecule has 3 fully saturated rings. The van der Waals surface area contributed by atoms with Gasteiger partial charge in [-0.2, -0.15) is 13.2 Å². The number of benzene rings is 1. The minimum absolute atomic E-state index is 0.0700. The summed E-state index contributed by atoms with van der Waals surface area (Å²) in [6.45, 7) is 0.221. The Labute approximate surface area is 192 Å². The maximum atomic E-state index is 14.3. The Kier molecular flexibility index (Phi) is 7.04. The van der Waals surface area contributed by atoms with Crippen molar-refractivity contribution in [2.75, 3.05) is 26.2 Å². The first kappa shape index (κ1) is 25.1. The zero-order valence-electron chi connectivity index (χ0n) is 18.4. The molecule has 0 spiro atoms. The number of carbonyl (C=O) groups is 1. The van der Waals surface area contributed by atoms with Crippen molar-refractivity contribution in [3.8, 4) is 5.75 Å². The number of rotatable bonds is 8. The van der Waals surface area contributed by atoms with Crippen LogP contribution in [0.2, 0.25) is 0 Å². The number of carbonyl (C=O) groups excluding carboxylic acids is 1. The highest BCUT2D eigenvalue weighted by Gasteiger charge is 2.46. The summed E-state index contributed by atoms with van der Waals surface area (Å²) in [6.07, 6.45) is -2.20. The Hall–Kier alpha value is -2.04. The van der Waals surface area contributed by atoms with Gasteiger partial charge in [-0.3, -0.25) is 9.69 Å². The summed E-state index contributed by atoms with van der Waals surface area (Å²) in [6, 6.07) is 0.975. The fourth-order valence-electron chi connectivity index (χ4n) is 5.17. The number of likely N-dealkylation sites (tertiary alicyclic amines) is 1. The van der Waals surface area contributed by atoms with Crippen molar-refractivity contribution in [3.63, 3.8) is 0 Å². The van der Waals surface area contributed by atoms with Crippen LogP contribution < -0.4 is 10.1 Å². The van der Waals surface area contributed by atoms with Crippen molar-refractivity contribution in [2.45, 2.75) is 56.7 Å². The van der Waals surface area contributed by atoms with E-state index < -0.39 is 60.6 Å². The van der Waals surface area contributed by atoms with Gasteiger partial charge in [0.2, 0.25) is 0 Å². The number of amides is 1. The fourth-order valence-corrected chi connectivity index (χ4v) is 5.17. The van der Waals surface area contributed by atoms with Gasteiger partial charge in [0.15, 0.2) is 0 Å². The van der Waals surface area contributed by atoms with Crippen LogP contribution in [0.4, 0.5) is 30.7 Å². The van der Waals surface area contributed by atoms with E-state index in [0.29, 0.717) is 37.3 Å². The molecular formula is C23H27F7N2O2. The van der Waals surface area contributed by atoms with Gasteiger partial charge in [0, 0.05) is 31.0 Å². The van der Waals surface area contributed by atoms with Gasteiger partial charge in [-0.15, -0.1) is 0 Å². The Bertz CT molecular complexity index is 869. The minimum Gasteiger partial charge on any atom is -0.493 e. The van der Waals surface area contributed by atoms with Crippen molar-refractivity contribution in [3.05, 3.63) is 29.3 Å². The predicted molar refractivity (Wildman–Crippen MR) is 109 cm³/mol. The van der Waals surface area contributed by atoms with E-state index in [1.807, 2.05) is 0 Å². The van der Waals surface area contributed by atoms with Gasteiger partial charge in [0.1, 0.15) is 22.9 Å². The number of nitrogens with one attached hydrogen (secondary N) is 1. The highest BCUT2D eigenvalue weighted by atomic mass is 19.4. The van der Waals surface area contributed by atoms with Crippen LogP contribution in [0.25, 0.3) is 0 Å². The number of nitrogens with zero attached hydrogens (tertiary/aromatic N) is 1. The van der Waals surface area contributed by atoms with Gasteiger partial charge in [0.25, 0.3) is 11.8 Å². The third kappa shape index (κ3) is 6.34. The summed E-state index contributed by atoms with van der Waals surface area (Å²) < 4.78 is 97.4. The van der Waals surface area contributed by atoms with Crippen LogP contribution in [-0.2, 0) is 0 Å². The normalized spacial score (nSPS) is 25.6. The molecule has 1 unspecified atom stereocenters. The molecule has 2 aliphatic carbocycles. The molecule has 2 atom stereocenters. The van der Waals surface area contributed by atoms with E-state index in [9.17, 15) is 35.5 Å². The number of hydrogen-bond donors (Lipinski definition) is 1. The van der Waals surface area contributed by atoms with Gasteiger partial charge >= 0.3 is 6.18 Å². The molecular weight excluding hydrogens is 469 g/mol. The van der Waals surface area contributed by atoms with Crippen molar-refractivity contribution < 1.29 is 40.3 Å². The smallest absolute Gasteiger partial charge is 0.401 e. The molecule has 1 N–H and O–H groups in total. The summed E-state index contributed by atoms with van der Waals surface area (Å²) >= 11 is 0. The second-order valence-electron chi connectivity index (χ2n) is 9.72. The molecule has 0 radical (unpaired) electrons. The van der Waals surface area contributed by atoms with Crippen LogP contribution in [0.3, 0.4) is 0 Å². The minimum atomic E-state index is -4.18. The third-order valence-corrected chi connectivity index (χ3v) is 7.04. The molecule has 4 rings (SSSR count). The monoisotopic (exact) mass is 496 g/mol. The lowest BCUT2D eigenvalue weighted by molar-refractivity contribution is -0.148. The van der Waals surface area contributed by atoms with E-state index >= 15 is 0 Å². The summed E-state index contributed by atoms with van der Waals surface area (Å²) in [5, 5.41) is 2.21. The van der Waals surface area contributed by atoms with Crippen molar-refractivity contribution in [2.24, 2.45) is 17.8 Å². The van der Waals surface area contributed by atoms with Crippen LogP contribution in [0.1, 0.15) is 48.9 Å². The number of ether oxygens (including phenoxy) is 1. The Morgan fingerprint density at radius 1 is 1.12 bits per heavy atom. The van der Waals surface area contributed by atoms with Gasteiger partial charge in [-0.25, -0.2) is 17.6 Å². The van der Waals surface area contributed by atoms with Gasteiger partial charge in [-0.1, -0.05) is 0 Å². The average Bonchev–Trinajstić information content (AvgIpc) is 3.45. The molecule has 0 bridgehead atoms. The molecule has 4 nitrogen and oxygen atoms in total. The Balaban J connectivity index is 1.19. The zero-order chi connectivity index (χ0) is 24.7. The number of halogens is 7. The third-order valence-electron chi connectivity index (χ3n) is 7.04. The molecule has 2 saturated carbocycles. The van der Waals surface area contributed by atoms with Gasteiger partial charge < -0.3 is 10.1 Å². The lowest BCUT2D eigenvalue weighted by atomic mass is 9.88. The summed E-state index contributed by atoms with van der Waals surface area (Å²) in [4.78, 5) is 13.5. The lowest BCUT2D eigenvalue weighted by Gasteiger charge is -2.35. The lowest BCUT2D eigenvalue weighted by Crippen LogP contribution is -2.50. The Morgan fingerprint density at radius 3 is 2.29 bits per heavy atom. The van der Waals surface area contributed by atoms with Crippen molar-refractivity contribution in [1.82, 2.24) is 10.2 Å². The highest BCUT2D eigenvalue weighted by Crippen LogP contribution is 2.50. The summed E-state index contributed by atoms with van der Waals surface area (Å²) in [7, 11) is 0. The average molecular weight is 496 g/mol. The van der Waals surface area contributed by atoms with Crippen LogP contribution in [0.5, 0.6) is 5.75 Å². The van der Waals surface area contributed by atoms with Crippen molar-refractivity contribution >= 4 is 5.91 Å².